The van der Waals surface area contributed by atoms with Crippen molar-refractivity contribution in [3.8, 4) is 0 Å². The third-order valence-electron chi connectivity index (χ3n) is 3.54. The van der Waals surface area contributed by atoms with Gasteiger partial charge in [0, 0.05) is 16.1 Å². The van der Waals surface area contributed by atoms with Crippen molar-refractivity contribution in [2.45, 2.75) is 19.8 Å². The van der Waals surface area contributed by atoms with E-state index in [4.69, 9.17) is 0 Å². The first-order chi connectivity index (χ1) is 8.56. The highest BCUT2D eigenvalue weighted by Gasteiger charge is 2.23. The number of piperidine rings is 1. The predicted octanol–water partition coefficient (Wildman–Crippen LogP) is 3.04. The summed E-state index contributed by atoms with van der Waals surface area (Å²) in [6, 6.07) is 5.92. The fourth-order valence-corrected chi connectivity index (χ4v) is 2.75. The summed E-state index contributed by atoms with van der Waals surface area (Å²) in [5.41, 5.74) is 2.01. The van der Waals surface area contributed by atoms with Crippen LogP contribution in [0.5, 0.6) is 0 Å². The number of anilines is 1. The van der Waals surface area contributed by atoms with Gasteiger partial charge in [-0.15, -0.1) is 0 Å². The molecule has 0 aliphatic carbocycles. The van der Waals surface area contributed by atoms with Crippen LogP contribution < -0.4 is 5.32 Å². The van der Waals surface area contributed by atoms with Gasteiger partial charge in [0.1, 0.15) is 0 Å². The van der Waals surface area contributed by atoms with E-state index in [1.165, 1.54) is 0 Å². The number of hydrogen-bond donors (Lipinski definition) is 1. The van der Waals surface area contributed by atoms with Crippen LogP contribution in [0.4, 0.5) is 5.69 Å². The molecular formula is C14H19BrN2O. The third kappa shape index (κ3) is 3.33. The summed E-state index contributed by atoms with van der Waals surface area (Å²) in [4.78, 5) is 14.4. The molecule has 1 fully saturated rings. The van der Waals surface area contributed by atoms with E-state index in [2.05, 4.69) is 33.2 Å². The third-order valence-corrected chi connectivity index (χ3v) is 4.03. The van der Waals surface area contributed by atoms with Gasteiger partial charge in [0.15, 0.2) is 0 Å². The molecule has 3 nitrogen and oxygen atoms in total. The minimum absolute atomic E-state index is 0.157. The lowest BCUT2D eigenvalue weighted by Gasteiger charge is -2.28. The van der Waals surface area contributed by atoms with Gasteiger partial charge >= 0.3 is 0 Å². The normalized spacial score (nSPS) is 17.7. The van der Waals surface area contributed by atoms with E-state index in [0.29, 0.717) is 0 Å². The first-order valence-corrected chi connectivity index (χ1v) is 7.11. The van der Waals surface area contributed by atoms with Crippen LogP contribution in [0.25, 0.3) is 0 Å². The summed E-state index contributed by atoms with van der Waals surface area (Å²) in [6.45, 7) is 4.03. The quantitative estimate of drug-likeness (QED) is 0.910. The second-order valence-corrected chi connectivity index (χ2v) is 5.94. The van der Waals surface area contributed by atoms with Crippen molar-refractivity contribution in [3.63, 3.8) is 0 Å². The topological polar surface area (TPSA) is 32.3 Å². The monoisotopic (exact) mass is 310 g/mol. The van der Waals surface area contributed by atoms with Gasteiger partial charge in [-0.25, -0.2) is 0 Å². The number of aryl methyl sites for hydroxylation is 1. The number of rotatable bonds is 2. The lowest BCUT2D eigenvalue weighted by atomic mass is 9.96. The molecule has 2 rings (SSSR count). The molecule has 1 aliphatic rings. The Morgan fingerprint density at radius 1 is 1.39 bits per heavy atom. The highest BCUT2D eigenvalue weighted by molar-refractivity contribution is 9.10. The van der Waals surface area contributed by atoms with E-state index in [0.717, 1.165) is 41.7 Å². The molecule has 0 atom stereocenters. The number of nitrogens with zero attached hydrogens (tertiary/aromatic N) is 1. The summed E-state index contributed by atoms with van der Waals surface area (Å²) in [5, 5.41) is 3.04. The van der Waals surface area contributed by atoms with Gasteiger partial charge in [-0.1, -0.05) is 15.9 Å². The second kappa shape index (κ2) is 5.85. The molecule has 0 radical (unpaired) electrons. The zero-order valence-corrected chi connectivity index (χ0v) is 12.5. The van der Waals surface area contributed by atoms with Crippen LogP contribution in [0.15, 0.2) is 22.7 Å². The highest BCUT2D eigenvalue weighted by Crippen LogP contribution is 2.23. The Morgan fingerprint density at radius 2 is 2.06 bits per heavy atom. The molecule has 0 saturated carbocycles. The maximum atomic E-state index is 12.2. The minimum atomic E-state index is 0.157. The van der Waals surface area contributed by atoms with Gasteiger partial charge in [-0.3, -0.25) is 4.79 Å². The largest absolute Gasteiger partial charge is 0.326 e. The highest BCUT2D eigenvalue weighted by atomic mass is 79.9. The number of carbonyl (C=O) groups excluding carboxylic acids is 1. The van der Waals surface area contributed by atoms with Crippen molar-refractivity contribution in [1.82, 2.24) is 4.90 Å². The van der Waals surface area contributed by atoms with Crippen molar-refractivity contribution in [2.24, 2.45) is 5.92 Å². The van der Waals surface area contributed by atoms with Crippen LogP contribution in [0.2, 0.25) is 0 Å². The molecule has 1 aromatic rings. The first-order valence-electron chi connectivity index (χ1n) is 6.32. The molecule has 1 saturated heterocycles. The van der Waals surface area contributed by atoms with E-state index in [1.54, 1.807) is 0 Å². The average molecular weight is 311 g/mol. The number of carbonyl (C=O) groups is 1. The molecule has 0 aromatic heterocycles. The van der Waals surface area contributed by atoms with Crippen molar-refractivity contribution in [1.29, 1.82) is 0 Å². The Bertz CT molecular complexity index is 439. The lowest BCUT2D eigenvalue weighted by Crippen LogP contribution is -2.36. The molecule has 1 aliphatic heterocycles. The van der Waals surface area contributed by atoms with E-state index in [1.807, 2.05) is 25.1 Å². The van der Waals surface area contributed by atoms with E-state index in [-0.39, 0.29) is 11.8 Å². The van der Waals surface area contributed by atoms with Gasteiger partial charge in [0.2, 0.25) is 5.91 Å². The Morgan fingerprint density at radius 3 is 2.67 bits per heavy atom. The van der Waals surface area contributed by atoms with Crippen LogP contribution in [0.3, 0.4) is 0 Å². The van der Waals surface area contributed by atoms with Crippen LogP contribution >= 0.6 is 15.9 Å². The number of hydrogen-bond acceptors (Lipinski definition) is 2. The van der Waals surface area contributed by atoms with Gasteiger partial charge in [-0.2, -0.15) is 0 Å². The zero-order valence-electron chi connectivity index (χ0n) is 10.9. The smallest absolute Gasteiger partial charge is 0.227 e. The Hall–Kier alpha value is -0.870. The summed E-state index contributed by atoms with van der Waals surface area (Å²) in [5.74, 6) is 0.317. The molecule has 1 aromatic carbocycles. The standard InChI is InChI=1S/C14H19BrN2O/c1-10-9-12(15)3-4-13(10)16-14(18)11-5-7-17(2)8-6-11/h3-4,9,11H,5-8H2,1-2H3,(H,16,18). The molecule has 0 bridgehead atoms. The zero-order chi connectivity index (χ0) is 13.1. The molecule has 1 heterocycles. The summed E-state index contributed by atoms with van der Waals surface area (Å²) < 4.78 is 1.04. The number of halogens is 1. The van der Waals surface area contributed by atoms with Crippen molar-refractivity contribution in [3.05, 3.63) is 28.2 Å². The summed E-state index contributed by atoms with van der Waals surface area (Å²) in [7, 11) is 2.10. The summed E-state index contributed by atoms with van der Waals surface area (Å²) >= 11 is 3.43. The predicted molar refractivity (Wildman–Crippen MR) is 77.7 cm³/mol. The van der Waals surface area contributed by atoms with E-state index >= 15 is 0 Å². The van der Waals surface area contributed by atoms with Crippen LogP contribution in [-0.2, 0) is 4.79 Å². The van der Waals surface area contributed by atoms with Crippen molar-refractivity contribution >= 4 is 27.5 Å². The van der Waals surface area contributed by atoms with E-state index in [9.17, 15) is 4.79 Å². The molecular weight excluding hydrogens is 292 g/mol. The maximum absolute atomic E-state index is 12.2. The Kier molecular flexibility index (Phi) is 4.40. The molecule has 0 spiro atoms. The second-order valence-electron chi connectivity index (χ2n) is 5.03. The molecule has 1 amide bonds. The van der Waals surface area contributed by atoms with Crippen LogP contribution in [0.1, 0.15) is 18.4 Å². The van der Waals surface area contributed by atoms with E-state index < -0.39 is 0 Å². The number of likely N-dealkylation sites (tertiary alicyclic amines) is 1. The van der Waals surface area contributed by atoms with Crippen LogP contribution in [0, 0.1) is 12.8 Å². The van der Waals surface area contributed by atoms with Crippen LogP contribution in [-0.4, -0.2) is 30.9 Å². The SMILES string of the molecule is Cc1cc(Br)ccc1NC(=O)C1CCN(C)CC1. The summed E-state index contributed by atoms with van der Waals surface area (Å²) in [6.07, 6.45) is 1.91. The fraction of sp³-hybridized carbons (Fsp3) is 0.500. The number of benzene rings is 1. The molecule has 4 heteroatoms. The molecule has 1 N–H and O–H groups in total. The molecule has 98 valence electrons. The number of nitrogens with one attached hydrogen (secondary N) is 1. The lowest BCUT2D eigenvalue weighted by molar-refractivity contribution is -0.121. The minimum Gasteiger partial charge on any atom is -0.326 e. The van der Waals surface area contributed by atoms with Gasteiger partial charge in [0.25, 0.3) is 0 Å². The van der Waals surface area contributed by atoms with Gasteiger partial charge in [-0.05, 0) is 63.7 Å². The molecule has 0 unspecified atom stereocenters. The molecule has 18 heavy (non-hydrogen) atoms. The average Bonchev–Trinajstić information content (AvgIpc) is 2.33. The first kappa shape index (κ1) is 13.6. The van der Waals surface area contributed by atoms with Crippen molar-refractivity contribution < 1.29 is 4.79 Å². The maximum Gasteiger partial charge on any atom is 0.227 e. The van der Waals surface area contributed by atoms with Gasteiger partial charge in [0.05, 0.1) is 0 Å². The van der Waals surface area contributed by atoms with Gasteiger partial charge < -0.3 is 10.2 Å². The Labute approximate surface area is 117 Å². The Balaban J connectivity index is 1.98. The number of amides is 1. The fourth-order valence-electron chi connectivity index (χ4n) is 2.27. The van der Waals surface area contributed by atoms with Crippen molar-refractivity contribution in [2.75, 3.05) is 25.5 Å².